The van der Waals surface area contributed by atoms with Gasteiger partial charge in [0, 0.05) is 31.0 Å². The zero-order valence-electron chi connectivity index (χ0n) is 16.3. The Morgan fingerprint density at radius 2 is 2.04 bits per heavy atom. The summed E-state index contributed by atoms with van der Waals surface area (Å²) in [5.41, 5.74) is 2.89. The fraction of sp³-hybridized carbons (Fsp3) is 0.636. The summed E-state index contributed by atoms with van der Waals surface area (Å²) >= 11 is 0. The van der Waals surface area contributed by atoms with Crippen LogP contribution in [0.15, 0.2) is 18.2 Å². The van der Waals surface area contributed by atoms with Crippen molar-refractivity contribution in [3.63, 3.8) is 0 Å². The number of carbonyl (C=O) groups excluding carboxylic acids is 2. The van der Waals surface area contributed by atoms with Gasteiger partial charge in [-0.25, -0.2) is 0 Å². The molecule has 0 aliphatic carbocycles. The number of rotatable bonds is 3. The molecule has 4 heterocycles. The van der Waals surface area contributed by atoms with Crippen LogP contribution in [0.4, 0.5) is 0 Å². The van der Waals surface area contributed by atoms with Gasteiger partial charge in [-0.05, 0) is 48.9 Å². The Bertz CT molecular complexity index is 777. The molecule has 4 aliphatic heterocycles. The van der Waals surface area contributed by atoms with Crippen molar-refractivity contribution in [1.29, 1.82) is 0 Å². The maximum Gasteiger partial charge on any atom is 0.254 e. The number of piperidine rings is 1. The van der Waals surface area contributed by atoms with Crippen molar-refractivity contribution in [2.45, 2.75) is 50.9 Å². The normalized spacial score (nSPS) is 26.3. The molecule has 1 atom stereocenters. The summed E-state index contributed by atoms with van der Waals surface area (Å²) in [4.78, 5) is 28.7. The summed E-state index contributed by atoms with van der Waals surface area (Å²) in [5, 5.41) is 0. The zero-order chi connectivity index (χ0) is 19.1. The van der Waals surface area contributed by atoms with E-state index in [1.807, 2.05) is 28.0 Å². The average molecular weight is 384 g/mol. The highest BCUT2D eigenvalue weighted by Gasteiger charge is 2.48. The Morgan fingerprint density at radius 1 is 1.18 bits per heavy atom. The van der Waals surface area contributed by atoms with Gasteiger partial charge in [0.25, 0.3) is 5.91 Å². The predicted molar refractivity (Wildman–Crippen MR) is 103 cm³/mol. The molecule has 1 unspecified atom stereocenters. The van der Waals surface area contributed by atoms with Crippen molar-refractivity contribution in [1.82, 2.24) is 9.80 Å². The van der Waals surface area contributed by atoms with Crippen LogP contribution < -0.4 is 0 Å². The fourth-order valence-electron chi connectivity index (χ4n) is 4.96. The first-order valence-corrected chi connectivity index (χ1v) is 10.5. The molecule has 3 fully saturated rings. The summed E-state index contributed by atoms with van der Waals surface area (Å²) in [5.74, 6) is 0.811. The van der Waals surface area contributed by atoms with Crippen LogP contribution in [0.25, 0.3) is 0 Å². The summed E-state index contributed by atoms with van der Waals surface area (Å²) < 4.78 is 11.7. The van der Waals surface area contributed by atoms with Crippen molar-refractivity contribution in [2.75, 3.05) is 32.8 Å². The minimum Gasteiger partial charge on any atom is -0.372 e. The Balaban J connectivity index is 1.13. The van der Waals surface area contributed by atoms with Crippen molar-refractivity contribution in [3.05, 3.63) is 34.9 Å². The number of hydrogen-bond acceptors (Lipinski definition) is 4. The van der Waals surface area contributed by atoms with E-state index >= 15 is 0 Å². The summed E-state index contributed by atoms with van der Waals surface area (Å²) in [6, 6.07) is 5.89. The first-order valence-electron chi connectivity index (χ1n) is 10.5. The van der Waals surface area contributed by atoms with Crippen LogP contribution in [0.2, 0.25) is 0 Å². The van der Waals surface area contributed by atoms with E-state index in [1.54, 1.807) is 0 Å². The van der Waals surface area contributed by atoms with Gasteiger partial charge in [-0.2, -0.15) is 0 Å². The highest BCUT2D eigenvalue weighted by atomic mass is 16.5. The lowest BCUT2D eigenvalue weighted by molar-refractivity contribution is -0.170. The molecule has 1 spiro atoms. The summed E-state index contributed by atoms with van der Waals surface area (Å²) in [7, 11) is 0. The monoisotopic (exact) mass is 384 g/mol. The highest BCUT2D eigenvalue weighted by molar-refractivity contribution is 5.95. The van der Waals surface area contributed by atoms with Gasteiger partial charge < -0.3 is 19.3 Å². The van der Waals surface area contributed by atoms with Gasteiger partial charge in [-0.1, -0.05) is 6.07 Å². The first-order chi connectivity index (χ1) is 13.6. The van der Waals surface area contributed by atoms with Crippen LogP contribution in [-0.4, -0.2) is 60.0 Å². The maximum atomic E-state index is 12.8. The molecule has 1 aromatic rings. The Kier molecular flexibility index (Phi) is 4.63. The van der Waals surface area contributed by atoms with Crippen LogP contribution in [0.3, 0.4) is 0 Å². The first kappa shape index (κ1) is 18.1. The van der Waals surface area contributed by atoms with E-state index in [0.717, 1.165) is 49.9 Å². The quantitative estimate of drug-likeness (QED) is 0.803. The minimum atomic E-state index is -0.169. The molecule has 4 aliphatic rings. The number of carbonyl (C=O) groups is 2. The van der Waals surface area contributed by atoms with Crippen molar-refractivity contribution >= 4 is 11.8 Å². The van der Waals surface area contributed by atoms with E-state index in [-0.39, 0.29) is 11.5 Å². The van der Waals surface area contributed by atoms with Gasteiger partial charge in [0.15, 0.2) is 0 Å². The molecule has 0 radical (unpaired) electrons. The average Bonchev–Trinajstić information content (AvgIpc) is 3.16. The van der Waals surface area contributed by atoms with E-state index in [9.17, 15) is 9.59 Å². The predicted octanol–water partition coefficient (Wildman–Crippen LogP) is 2.35. The SMILES string of the molecule is O=C1CCCCN1CC1CCC2(CN(C(=O)c3ccc4c(c3)COC4)C2)OC1. The van der Waals surface area contributed by atoms with Crippen LogP contribution in [0, 0.1) is 5.92 Å². The number of hydrogen-bond donors (Lipinski definition) is 0. The molecule has 6 heteroatoms. The third-order valence-electron chi connectivity index (χ3n) is 6.75. The molecule has 2 amide bonds. The van der Waals surface area contributed by atoms with Gasteiger partial charge in [0.05, 0.1) is 32.9 Å². The Morgan fingerprint density at radius 3 is 2.82 bits per heavy atom. The molecule has 0 saturated carbocycles. The number of ether oxygens (including phenoxy) is 2. The molecule has 3 saturated heterocycles. The van der Waals surface area contributed by atoms with E-state index < -0.39 is 0 Å². The van der Waals surface area contributed by atoms with E-state index in [4.69, 9.17) is 9.47 Å². The Labute approximate surface area is 165 Å². The van der Waals surface area contributed by atoms with Crippen molar-refractivity contribution in [3.8, 4) is 0 Å². The zero-order valence-corrected chi connectivity index (χ0v) is 16.3. The smallest absolute Gasteiger partial charge is 0.254 e. The highest BCUT2D eigenvalue weighted by Crippen LogP contribution is 2.37. The van der Waals surface area contributed by atoms with Crippen molar-refractivity contribution < 1.29 is 19.1 Å². The molecule has 0 N–H and O–H groups in total. The minimum absolute atomic E-state index is 0.0879. The molecular weight excluding hydrogens is 356 g/mol. The van der Waals surface area contributed by atoms with Gasteiger partial charge in [0.1, 0.15) is 5.60 Å². The molecule has 5 rings (SSSR count). The number of amides is 2. The largest absolute Gasteiger partial charge is 0.372 e. The lowest BCUT2D eigenvalue weighted by atomic mass is 9.82. The van der Waals surface area contributed by atoms with Crippen LogP contribution >= 0.6 is 0 Å². The van der Waals surface area contributed by atoms with Crippen molar-refractivity contribution in [2.24, 2.45) is 5.92 Å². The van der Waals surface area contributed by atoms with Crippen LogP contribution in [0.5, 0.6) is 0 Å². The number of fused-ring (bicyclic) bond motifs is 1. The second-order valence-corrected chi connectivity index (χ2v) is 8.83. The maximum absolute atomic E-state index is 12.8. The summed E-state index contributed by atoms with van der Waals surface area (Å²) in [6.45, 7) is 5.02. The number of nitrogens with zero attached hydrogens (tertiary/aromatic N) is 2. The molecule has 150 valence electrons. The second kappa shape index (κ2) is 7.16. The number of likely N-dealkylation sites (tertiary alicyclic amines) is 2. The van der Waals surface area contributed by atoms with Gasteiger partial charge >= 0.3 is 0 Å². The van der Waals surface area contributed by atoms with E-state index in [0.29, 0.717) is 51.2 Å². The fourth-order valence-corrected chi connectivity index (χ4v) is 4.96. The van der Waals surface area contributed by atoms with E-state index in [1.165, 1.54) is 5.56 Å². The molecular formula is C22H28N2O4. The molecule has 0 aromatic heterocycles. The van der Waals surface area contributed by atoms with E-state index in [2.05, 4.69) is 0 Å². The molecule has 0 bridgehead atoms. The summed E-state index contributed by atoms with van der Waals surface area (Å²) in [6.07, 6.45) is 4.89. The molecule has 6 nitrogen and oxygen atoms in total. The number of benzene rings is 1. The van der Waals surface area contributed by atoms with Crippen LogP contribution in [-0.2, 0) is 27.5 Å². The molecule has 28 heavy (non-hydrogen) atoms. The molecule has 1 aromatic carbocycles. The van der Waals surface area contributed by atoms with Gasteiger partial charge in [0.2, 0.25) is 5.91 Å². The topological polar surface area (TPSA) is 59.1 Å². The van der Waals surface area contributed by atoms with Crippen LogP contribution in [0.1, 0.15) is 53.6 Å². The lowest BCUT2D eigenvalue weighted by Gasteiger charge is -2.53. The Hall–Kier alpha value is -1.92. The van der Waals surface area contributed by atoms with Gasteiger partial charge in [-0.15, -0.1) is 0 Å². The van der Waals surface area contributed by atoms with Gasteiger partial charge in [-0.3, -0.25) is 9.59 Å². The third-order valence-corrected chi connectivity index (χ3v) is 6.75. The standard InChI is InChI=1S/C22H28N2O4/c25-20-3-1-2-8-23(20)10-16-6-7-22(28-11-16)14-24(15-22)21(26)17-4-5-18-12-27-13-19(18)9-17/h4-5,9,16H,1-3,6-8,10-15H2. The lowest BCUT2D eigenvalue weighted by Crippen LogP contribution is -2.66. The third kappa shape index (κ3) is 3.33. The second-order valence-electron chi connectivity index (χ2n) is 8.83.